The van der Waals surface area contributed by atoms with Crippen molar-refractivity contribution in [3.63, 3.8) is 0 Å². The van der Waals surface area contributed by atoms with Crippen LogP contribution in [-0.2, 0) is 4.79 Å². The first-order valence-electron chi connectivity index (χ1n) is 4.04. The van der Waals surface area contributed by atoms with Crippen LogP contribution in [0.15, 0.2) is 18.2 Å². The minimum absolute atomic E-state index is 0.0806. The number of primary amides is 1. The Bertz CT molecular complexity index is 386. The normalized spacial score (nSPS) is 14.7. The van der Waals surface area contributed by atoms with Crippen LogP contribution in [0.5, 0.6) is 0 Å². The summed E-state index contributed by atoms with van der Waals surface area (Å²) < 4.78 is 13.0. The van der Waals surface area contributed by atoms with E-state index in [0.717, 1.165) is 6.07 Å². The van der Waals surface area contributed by atoms with E-state index in [2.05, 4.69) is 0 Å². The van der Waals surface area contributed by atoms with Gasteiger partial charge in [0.2, 0.25) is 5.91 Å². The Labute approximate surface area is 90.1 Å². The van der Waals surface area contributed by atoms with Gasteiger partial charge in [0.05, 0.1) is 5.02 Å². The molecule has 1 rings (SSSR count). The molecule has 0 spiro atoms. The summed E-state index contributed by atoms with van der Waals surface area (Å²) in [6.07, 6.45) is -3.45. The smallest absolute Gasteiger partial charge is 0.249 e. The second-order valence-corrected chi connectivity index (χ2v) is 3.31. The summed E-state index contributed by atoms with van der Waals surface area (Å²) in [6.45, 7) is 0. The largest absolute Gasteiger partial charge is 0.385 e. The van der Waals surface area contributed by atoms with E-state index in [4.69, 9.17) is 22.4 Å². The lowest BCUT2D eigenvalue weighted by Crippen LogP contribution is -2.34. The molecule has 0 aliphatic carbocycles. The van der Waals surface area contributed by atoms with Gasteiger partial charge in [0.1, 0.15) is 11.9 Å². The Kier molecular flexibility index (Phi) is 3.62. The predicted octanol–water partition coefficient (Wildman–Crippen LogP) is 0.359. The van der Waals surface area contributed by atoms with E-state index in [1.807, 2.05) is 0 Å². The zero-order valence-corrected chi connectivity index (χ0v) is 8.28. The van der Waals surface area contributed by atoms with Crippen LogP contribution in [0.25, 0.3) is 0 Å². The number of hydrogen-bond donors (Lipinski definition) is 3. The van der Waals surface area contributed by atoms with Crippen molar-refractivity contribution in [1.82, 2.24) is 0 Å². The average molecular weight is 234 g/mol. The van der Waals surface area contributed by atoms with Crippen molar-refractivity contribution in [3.05, 3.63) is 34.6 Å². The standard InChI is InChI=1S/C9H9ClFNO3/c10-6-4(2-1-3-5(6)11)7(13)8(14)9(12)15/h1-3,7-8,13-14H,(H2,12,15). The molecule has 1 aromatic rings. The van der Waals surface area contributed by atoms with Crippen LogP contribution in [0.2, 0.25) is 5.02 Å². The number of carbonyl (C=O) groups is 1. The van der Waals surface area contributed by atoms with Crippen LogP contribution in [0.1, 0.15) is 11.7 Å². The summed E-state index contributed by atoms with van der Waals surface area (Å²) in [5.41, 5.74) is 4.70. The van der Waals surface area contributed by atoms with Crippen LogP contribution in [0, 0.1) is 5.82 Å². The van der Waals surface area contributed by atoms with Gasteiger partial charge >= 0.3 is 0 Å². The number of aliphatic hydroxyl groups is 2. The van der Waals surface area contributed by atoms with E-state index in [1.54, 1.807) is 0 Å². The minimum Gasteiger partial charge on any atom is -0.385 e. The highest BCUT2D eigenvalue weighted by Gasteiger charge is 2.26. The van der Waals surface area contributed by atoms with E-state index in [0.29, 0.717) is 0 Å². The first-order valence-corrected chi connectivity index (χ1v) is 4.42. The molecule has 0 radical (unpaired) electrons. The molecule has 2 atom stereocenters. The number of halogens is 2. The quantitative estimate of drug-likeness (QED) is 0.705. The fourth-order valence-corrected chi connectivity index (χ4v) is 1.31. The van der Waals surface area contributed by atoms with E-state index in [1.165, 1.54) is 12.1 Å². The molecule has 0 aliphatic heterocycles. The van der Waals surface area contributed by atoms with Crippen LogP contribution < -0.4 is 5.73 Å². The summed E-state index contributed by atoms with van der Waals surface area (Å²) in [4.78, 5) is 10.6. The monoisotopic (exact) mass is 233 g/mol. The Morgan fingerprint density at radius 2 is 2.07 bits per heavy atom. The van der Waals surface area contributed by atoms with Crippen molar-refractivity contribution in [1.29, 1.82) is 0 Å². The lowest BCUT2D eigenvalue weighted by molar-refractivity contribution is -0.131. The third-order valence-electron chi connectivity index (χ3n) is 1.89. The first-order chi connectivity index (χ1) is 6.95. The van der Waals surface area contributed by atoms with Gasteiger partial charge in [0.15, 0.2) is 6.10 Å². The molecule has 4 nitrogen and oxygen atoms in total. The summed E-state index contributed by atoms with van der Waals surface area (Å²) in [6, 6.07) is 3.69. The van der Waals surface area contributed by atoms with Crippen molar-refractivity contribution in [2.45, 2.75) is 12.2 Å². The van der Waals surface area contributed by atoms with Gasteiger partial charge in [-0.05, 0) is 6.07 Å². The summed E-state index contributed by atoms with van der Waals surface area (Å²) >= 11 is 5.54. The van der Waals surface area contributed by atoms with Crippen LogP contribution in [-0.4, -0.2) is 22.2 Å². The molecule has 0 saturated heterocycles. The molecule has 2 unspecified atom stereocenters. The maximum Gasteiger partial charge on any atom is 0.249 e. The fraction of sp³-hybridized carbons (Fsp3) is 0.222. The number of aliphatic hydroxyl groups excluding tert-OH is 2. The van der Waals surface area contributed by atoms with Crippen LogP contribution in [0.3, 0.4) is 0 Å². The first kappa shape index (κ1) is 11.9. The van der Waals surface area contributed by atoms with E-state index in [-0.39, 0.29) is 10.6 Å². The van der Waals surface area contributed by atoms with Gasteiger partial charge in [-0.3, -0.25) is 4.79 Å². The lowest BCUT2D eigenvalue weighted by Gasteiger charge is -2.16. The van der Waals surface area contributed by atoms with Gasteiger partial charge in [0, 0.05) is 5.56 Å². The second kappa shape index (κ2) is 4.57. The van der Waals surface area contributed by atoms with E-state index >= 15 is 0 Å². The average Bonchev–Trinajstić information content (AvgIpc) is 2.20. The van der Waals surface area contributed by atoms with Gasteiger partial charge in [-0.2, -0.15) is 0 Å². The summed E-state index contributed by atoms with van der Waals surface area (Å²) in [7, 11) is 0. The molecule has 82 valence electrons. The Balaban J connectivity index is 3.06. The number of carbonyl (C=O) groups excluding carboxylic acids is 1. The molecule has 0 saturated carbocycles. The Hall–Kier alpha value is -1.17. The predicted molar refractivity (Wildman–Crippen MR) is 51.6 cm³/mol. The number of benzene rings is 1. The molecular formula is C9H9ClFNO3. The molecule has 0 heterocycles. The molecule has 0 aliphatic rings. The van der Waals surface area contributed by atoms with Crippen molar-refractivity contribution in [3.8, 4) is 0 Å². The number of amides is 1. The third kappa shape index (κ3) is 2.44. The highest BCUT2D eigenvalue weighted by molar-refractivity contribution is 6.31. The molecular weight excluding hydrogens is 225 g/mol. The molecule has 4 N–H and O–H groups in total. The maximum absolute atomic E-state index is 13.0. The van der Waals surface area contributed by atoms with Crippen molar-refractivity contribution in [2.24, 2.45) is 5.73 Å². The van der Waals surface area contributed by atoms with Crippen LogP contribution in [0.4, 0.5) is 4.39 Å². The topological polar surface area (TPSA) is 83.6 Å². The van der Waals surface area contributed by atoms with Crippen LogP contribution >= 0.6 is 11.6 Å². The maximum atomic E-state index is 13.0. The Morgan fingerprint density at radius 1 is 1.47 bits per heavy atom. The van der Waals surface area contributed by atoms with E-state index in [9.17, 15) is 14.3 Å². The number of hydrogen-bond acceptors (Lipinski definition) is 3. The summed E-state index contributed by atoms with van der Waals surface area (Å²) in [5, 5.41) is 18.3. The lowest BCUT2D eigenvalue weighted by atomic mass is 10.0. The van der Waals surface area contributed by atoms with Crippen molar-refractivity contribution < 1.29 is 19.4 Å². The zero-order valence-electron chi connectivity index (χ0n) is 7.52. The summed E-state index contributed by atoms with van der Waals surface area (Å²) in [5.74, 6) is -1.85. The van der Waals surface area contributed by atoms with Gasteiger partial charge in [-0.15, -0.1) is 0 Å². The van der Waals surface area contributed by atoms with Crippen molar-refractivity contribution >= 4 is 17.5 Å². The molecule has 6 heteroatoms. The zero-order chi connectivity index (χ0) is 11.6. The fourth-order valence-electron chi connectivity index (χ4n) is 1.07. The van der Waals surface area contributed by atoms with Gasteiger partial charge in [-0.1, -0.05) is 23.7 Å². The molecule has 0 fully saturated rings. The molecule has 15 heavy (non-hydrogen) atoms. The highest BCUT2D eigenvalue weighted by atomic mass is 35.5. The second-order valence-electron chi connectivity index (χ2n) is 2.94. The molecule has 0 bridgehead atoms. The van der Waals surface area contributed by atoms with E-state index < -0.39 is 23.9 Å². The third-order valence-corrected chi connectivity index (χ3v) is 2.29. The SMILES string of the molecule is NC(=O)C(O)C(O)c1cccc(F)c1Cl. The highest BCUT2D eigenvalue weighted by Crippen LogP contribution is 2.27. The number of nitrogens with two attached hydrogens (primary N) is 1. The number of rotatable bonds is 3. The molecule has 1 amide bonds. The van der Waals surface area contributed by atoms with Crippen molar-refractivity contribution in [2.75, 3.05) is 0 Å². The van der Waals surface area contributed by atoms with Gasteiger partial charge < -0.3 is 15.9 Å². The van der Waals surface area contributed by atoms with Gasteiger partial charge in [0.25, 0.3) is 0 Å². The minimum atomic E-state index is -1.82. The molecule has 0 aromatic heterocycles. The molecule has 1 aromatic carbocycles. The van der Waals surface area contributed by atoms with Gasteiger partial charge in [-0.25, -0.2) is 4.39 Å². The Morgan fingerprint density at radius 3 is 2.60 bits per heavy atom.